The molecule has 0 amide bonds. The molecule has 2 aromatic carbocycles. The summed E-state index contributed by atoms with van der Waals surface area (Å²) in [7, 11) is -3.71. The average Bonchev–Trinajstić information content (AvgIpc) is 3.47. The average molecular weight is 593 g/mol. The first-order valence-electron chi connectivity index (χ1n) is 14.4. The molecule has 0 aliphatic carbocycles. The van der Waals surface area contributed by atoms with Gasteiger partial charge in [-0.15, -0.1) is 11.3 Å². The molecule has 218 valence electrons. The Hall–Kier alpha value is -3.11. The first-order valence-corrected chi connectivity index (χ1v) is 16.7. The number of pyridine rings is 1. The molecule has 4 rings (SSSR count). The van der Waals surface area contributed by atoms with Crippen LogP contribution in [0.3, 0.4) is 0 Å². The van der Waals surface area contributed by atoms with Crippen molar-refractivity contribution in [2.75, 3.05) is 17.8 Å². The van der Waals surface area contributed by atoms with Gasteiger partial charge in [-0.05, 0) is 61.7 Å². The fourth-order valence-corrected chi connectivity index (χ4v) is 6.55. The predicted molar refractivity (Wildman–Crippen MR) is 168 cm³/mol. The number of hydrogen-bond acceptors (Lipinski definition) is 7. The van der Waals surface area contributed by atoms with Crippen LogP contribution in [0.5, 0.6) is 0 Å². The van der Waals surface area contributed by atoms with Gasteiger partial charge < -0.3 is 10.4 Å². The minimum Gasteiger partial charge on any atom is -0.387 e. The number of sulfonamides is 1. The van der Waals surface area contributed by atoms with E-state index in [0.29, 0.717) is 18.8 Å². The van der Waals surface area contributed by atoms with Gasteiger partial charge in [-0.1, -0.05) is 69.4 Å². The highest BCUT2D eigenvalue weighted by atomic mass is 32.2. The third-order valence-corrected chi connectivity index (χ3v) is 9.45. The van der Waals surface area contributed by atoms with E-state index < -0.39 is 16.1 Å². The molecule has 0 aliphatic rings. The number of nitrogens with one attached hydrogen (secondary N) is 2. The number of hydrogen-bond donors (Lipinski definition) is 3. The quantitative estimate of drug-likeness (QED) is 0.117. The monoisotopic (exact) mass is 592 g/mol. The van der Waals surface area contributed by atoms with Gasteiger partial charge in [0.25, 0.3) is 10.0 Å². The SMILES string of the molecule is CCCCCCCCc1cnc(-c2ccc(S(=O)(=O)Nc3ccc(CCNCC(O)c4cccnc4)cc3)cc2)s1. The normalized spacial score (nSPS) is 12.3. The number of anilines is 1. The summed E-state index contributed by atoms with van der Waals surface area (Å²) >= 11 is 1.68. The fourth-order valence-electron chi connectivity index (χ4n) is 4.53. The Kier molecular flexibility index (Phi) is 11.9. The summed E-state index contributed by atoms with van der Waals surface area (Å²) in [6.07, 6.45) is 14.1. The van der Waals surface area contributed by atoms with Crippen molar-refractivity contribution in [3.05, 3.63) is 95.3 Å². The van der Waals surface area contributed by atoms with E-state index >= 15 is 0 Å². The number of aromatic nitrogens is 2. The Bertz CT molecular complexity index is 1420. The Morgan fingerprint density at radius 2 is 1.66 bits per heavy atom. The Morgan fingerprint density at radius 3 is 2.39 bits per heavy atom. The lowest BCUT2D eigenvalue weighted by molar-refractivity contribution is 0.174. The van der Waals surface area contributed by atoms with Crippen LogP contribution >= 0.6 is 11.3 Å². The van der Waals surface area contributed by atoms with Crippen LogP contribution in [0.1, 0.15) is 67.6 Å². The Labute approximate surface area is 248 Å². The second-order valence-corrected chi connectivity index (χ2v) is 13.0. The summed E-state index contributed by atoms with van der Waals surface area (Å²) < 4.78 is 28.6. The molecule has 1 atom stereocenters. The van der Waals surface area contributed by atoms with Gasteiger partial charge in [0.15, 0.2) is 0 Å². The largest absolute Gasteiger partial charge is 0.387 e. The highest BCUT2D eigenvalue weighted by Gasteiger charge is 2.15. The first-order chi connectivity index (χ1) is 19.9. The maximum Gasteiger partial charge on any atom is 0.261 e. The molecule has 9 heteroatoms. The second kappa shape index (κ2) is 15.8. The molecule has 0 fully saturated rings. The van der Waals surface area contributed by atoms with Gasteiger partial charge in [-0.3, -0.25) is 9.71 Å². The molecule has 41 heavy (non-hydrogen) atoms. The van der Waals surface area contributed by atoms with Crippen molar-refractivity contribution >= 4 is 27.0 Å². The molecule has 0 saturated heterocycles. The number of rotatable bonds is 17. The number of aliphatic hydroxyl groups is 1. The molecule has 0 aliphatic heterocycles. The highest BCUT2D eigenvalue weighted by molar-refractivity contribution is 7.92. The van der Waals surface area contributed by atoms with Crippen molar-refractivity contribution < 1.29 is 13.5 Å². The molecule has 3 N–H and O–H groups in total. The summed E-state index contributed by atoms with van der Waals surface area (Å²) in [5.41, 5.74) is 3.29. The van der Waals surface area contributed by atoms with E-state index in [9.17, 15) is 13.5 Å². The van der Waals surface area contributed by atoms with E-state index in [1.54, 1.807) is 54.1 Å². The minimum atomic E-state index is -3.71. The van der Waals surface area contributed by atoms with Gasteiger partial charge in [0.1, 0.15) is 5.01 Å². The predicted octanol–water partition coefficient (Wildman–Crippen LogP) is 6.77. The number of benzene rings is 2. The van der Waals surface area contributed by atoms with E-state index in [1.807, 2.05) is 36.5 Å². The Balaban J connectivity index is 1.23. The summed E-state index contributed by atoms with van der Waals surface area (Å²) in [6.45, 7) is 3.36. The van der Waals surface area contributed by atoms with Crippen LogP contribution < -0.4 is 10.0 Å². The molecule has 0 spiro atoms. The molecule has 2 aromatic heterocycles. The summed E-state index contributed by atoms with van der Waals surface area (Å²) in [5, 5.41) is 14.4. The highest BCUT2D eigenvalue weighted by Crippen LogP contribution is 2.28. The molecule has 0 bridgehead atoms. The molecule has 0 radical (unpaired) electrons. The van der Waals surface area contributed by atoms with E-state index in [4.69, 9.17) is 0 Å². The number of aryl methyl sites for hydroxylation is 1. The van der Waals surface area contributed by atoms with Crippen molar-refractivity contribution in [1.29, 1.82) is 0 Å². The van der Waals surface area contributed by atoms with Gasteiger partial charge in [-0.2, -0.15) is 0 Å². The number of thiazole rings is 1. The van der Waals surface area contributed by atoms with E-state index in [0.717, 1.165) is 34.5 Å². The van der Waals surface area contributed by atoms with E-state index in [1.165, 1.54) is 43.4 Å². The van der Waals surface area contributed by atoms with E-state index in [2.05, 4.69) is 26.9 Å². The van der Waals surface area contributed by atoms with Gasteiger partial charge in [-0.25, -0.2) is 13.4 Å². The lowest BCUT2D eigenvalue weighted by atomic mass is 10.1. The van der Waals surface area contributed by atoms with Crippen LogP contribution in [-0.4, -0.2) is 36.6 Å². The number of aliphatic hydroxyl groups excluding tert-OH is 1. The summed E-state index contributed by atoms with van der Waals surface area (Å²) in [6, 6.07) is 17.9. The standard InChI is InChI=1S/C32H40N4O3S2/c1-2-3-4-5-6-7-10-29-23-35-32(40-29)26-13-17-30(18-14-26)41(38,39)36-28-15-11-25(12-16-28)19-21-34-24-31(37)27-9-8-20-33-22-27/h8-9,11-18,20,22-23,31,34,36-37H,2-7,10,19,21,24H2,1H3. The second-order valence-electron chi connectivity index (χ2n) is 10.2. The molecular formula is C32H40N4O3S2. The zero-order chi connectivity index (χ0) is 28.9. The maximum absolute atomic E-state index is 13.0. The van der Waals surface area contributed by atoms with E-state index in [-0.39, 0.29) is 4.90 Å². The topological polar surface area (TPSA) is 104 Å². The van der Waals surface area contributed by atoms with Crippen LogP contribution in [0, 0.1) is 0 Å². The van der Waals surface area contributed by atoms with Crippen LogP contribution in [0.4, 0.5) is 5.69 Å². The van der Waals surface area contributed by atoms with Crippen LogP contribution in [0.15, 0.2) is 84.1 Å². The van der Waals surface area contributed by atoms with Gasteiger partial charge in [0, 0.05) is 46.8 Å². The summed E-state index contributed by atoms with van der Waals surface area (Å²) in [4.78, 5) is 10.1. The Morgan fingerprint density at radius 1 is 0.902 bits per heavy atom. The fraction of sp³-hybridized carbons (Fsp3) is 0.375. The molecule has 4 aromatic rings. The smallest absolute Gasteiger partial charge is 0.261 e. The molecule has 7 nitrogen and oxygen atoms in total. The lowest BCUT2D eigenvalue weighted by Crippen LogP contribution is -2.23. The van der Waals surface area contributed by atoms with Crippen molar-refractivity contribution in [1.82, 2.24) is 15.3 Å². The van der Waals surface area contributed by atoms with Gasteiger partial charge in [0.2, 0.25) is 0 Å². The minimum absolute atomic E-state index is 0.213. The number of unbranched alkanes of at least 4 members (excludes halogenated alkanes) is 5. The van der Waals surface area contributed by atoms with Crippen molar-refractivity contribution in [3.8, 4) is 10.6 Å². The van der Waals surface area contributed by atoms with Crippen LogP contribution in [0.25, 0.3) is 10.6 Å². The van der Waals surface area contributed by atoms with Crippen molar-refractivity contribution in [3.63, 3.8) is 0 Å². The van der Waals surface area contributed by atoms with Crippen molar-refractivity contribution in [2.24, 2.45) is 0 Å². The molecule has 0 saturated carbocycles. The van der Waals surface area contributed by atoms with Crippen molar-refractivity contribution in [2.45, 2.75) is 69.3 Å². The number of nitrogens with zero attached hydrogens (tertiary/aromatic N) is 2. The summed E-state index contributed by atoms with van der Waals surface area (Å²) in [5.74, 6) is 0. The third-order valence-electron chi connectivity index (χ3n) is 6.95. The van der Waals surface area contributed by atoms with Gasteiger partial charge >= 0.3 is 0 Å². The molecule has 2 heterocycles. The van der Waals surface area contributed by atoms with Crippen LogP contribution in [0.2, 0.25) is 0 Å². The van der Waals surface area contributed by atoms with Crippen LogP contribution in [-0.2, 0) is 22.9 Å². The lowest BCUT2D eigenvalue weighted by Gasteiger charge is -2.12. The van der Waals surface area contributed by atoms with Gasteiger partial charge in [0.05, 0.1) is 11.0 Å². The maximum atomic E-state index is 13.0. The molecule has 1 unspecified atom stereocenters. The molecular weight excluding hydrogens is 553 g/mol. The third kappa shape index (κ3) is 9.74. The first kappa shape index (κ1) is 30.8. The zero-order valence-electron chi connectivity index (χ0n) is 23.6. The zero-order valence-corrected chi connectivity index (χ0v) is 25.3.